The number of nitrogens with zero attached hydrogens (tertiary/aromatic N) is 2. The van der Waals surface area contributed by atoms with E-state index >= 15 is 0 Å². The molecule has 6 nitrogen and oxygen atoms in total. The fourth-order valence-electron chi connectivity index (χ4n) is 3.29. The number of amides is 2. The number of pyridine rings is 1. The maximum atomic E-state index is 12.8. The topological polar surface area (TPSA) is 71.5 Å². The molecule has 6 heteroatoms. The Morgan fingerprint density at radius 1 is 1.43 bits per heavy atom. The van der Waals surface area contributed by atoms with Crippen LogP contribution in [-0.2, 0) is 9.59 Å². The Hall–Kier alpha value is -2.11. The zero-order valence-electron chi connectivity index (χ0n) is 13.7. The standard InChI is InChI=1S/C17H23N3O3/c1-3-20-14-13(10-7-11-18-14)23-17(2,16(20)22)15(21)19-12-8-5-4-6-9-12/h7,10-12H,3-6,8-9H2,1-2H3,(H,19,21)/t17-/m1/s1. The maximum Gasteiger partial charge on any atom is 0.282 e. The van der Waals surface area contributed by atoms with E-state index in [9.17, 15) is 9.59 Å². The van der Waals surface area contributed by atoms with Crippen molar-refractivity contribution in [2.24, 2.45) is 0 Å². The van der Waals surface area contributed by atoms with Gasteiger partial charge < -0.3 is 10.1 Å². The molecule has 1 aromatic rings. The molecule has 0 radical (unpaired) electrons. The Morgan fingerprint density at radius 2 is 2.17 bits per heavy atom. The highest BCUT2D eigenvalue weighted by atomic mass is 16.5. The van der Waals surface area contributed by atoms with E-state index in [1.54, 1.807) is 25.3 Å². The van der Waals surface area contributed by atoms with Crippen molar-refractivity contribution in [3.63, 3.8) is 0 Å². The number of rotatable bonds is 3. The molecule has 1 N–H and O–H groups in total. The van der Waals surface area contributed by atoms with Crippen molar-refractivity contribution < 1.29 is 14.3 Å². The second-order valence-electron chi connectivity index (χ2n) is 6.32. The fourth-order valence-corrected chi connectivity index (χ4v) is 3.29. The zero-order valence-corrected chi connectivity index (χ0v) is 13.7. The summed E-state index contributed by atoms with van der Waals surface area (Å²) in [6.07, 6.45) is 6.98. The highest BCUT2D eigenvalue weighted by Gasteiger charge is 2.51. The van der Waals surface area contributed by atoms with Crippen LogP contribution in [0.15, 0.2) is 18.3 Å². The first-order chi connectivity index (χ1) is 11.1. The predicted octanol–water partition coefficient (Wildman–Crippen LogP) is 2.03. The monoisotopic (exact) mass is 317 g/mol. The molecule has 2 heterocycles. The summed E-state index contributed by atoms with van der Waals surface area (Å²) in [5, 5.41) is 3.00. The normalized spacial score (nSPS) is 24.8. The molecular weight excluding hydrogens is 294 g/mol. The van der Waals surface area contributed by atoms with Crippen molar-refractivity contribution in [1.29, 1.82) is 0 Å². The van der Waals surface area contributed by atoms with Crippen molar-refractivity contribution in [1.82, 2.24) is 10.3 Å². The van der Waals surface area contributed by atoms with E-state index in [1.165, 1.54) is 11.3 Å². The summed E-state index contributed by atoms with van der Waals surface area (Å²) < 4.78 is 5.80. The van der Waals surface area contributed by atoms with Crippen molar-refractivity contribution in [2.75, 3.05) is 11.4 Å². The molecule has 1 fully saturated rings. The van der Waals surface area contributed by atoms with Crippen LogP contribution in [0.3, 0.4) is 0 Å². The Bertz CT molecular complexity index is 613. The number of aromatic nitrogens is 1. The highest BCUT2D eigenvalue weighted by Crippen LogP contribution is 2.36. The summed E-state index contributed by atoms with van der Waals surface area (Å²) in [7, 11) is 0. The first kappa shape index (κ1) is 15.8. The lowest BCUT2D eigenvalue weighted by molar-refractivity contribution is -0.149. The van der Waals surface area contributed by atoms with Crippen LogP contribution in [0.2, 0.25) is 0 Å². The van der Waals surface area contributed by atoms with Crippen LogP contribution in [0.5, 0.6) is 5.75 Å². The number of fused-ring (bicyclic) bond motifs is 1. The van der Waals surface area contributed by atoms with E-state index in [4.69, 9.17) is 4.74 Å². The lowest BCUT2D eigenvalue weighted by atomic mass is 9.93. The van der Waals surface area contributed by atoms with Gasteiger partial charge in [0.15, 0.2) is 11.6 Å². The zero-order chi connectivity index (χ0) is 16.4. The number of hydrogen-bond donors (Lipinski definition) is 1. The lowest BCUT2D eigenvalue weighted by Crippen LogP contribution is -2.63. The number of nitrogens with one attached hydrogen (secondary N) is 1. The van der Waals surface area contributed by atoms with E-state index < -0.39 is 5.60 Å². The Kier molecular flexibility index (Phi) is 4.24. The third-order valence-electron chi connectivity index (χ3n) is 4.66. The minimum absolute atomic E-state index is 0.134. The summed E-state index contributed by atoms with van der Waals surface area (Å²) in [5.74, 6) is 0.222. The maximum absolute atomic E-state index is 12.8. The van der Waals surface area contributed by atoms with Crippen molar-refractivity contribution in [3.05, 3.63) is 18.3 Å². The Balaban J connectivity index is 1.85. The molecule has 1 atom stereocenters. The molecule has 1 aliphatic heterocycles. The van der Waals surface area contributed by atoms with Crippen molar-refractivity contribution in [3.8, 4) is 5.75 Å². The van der Waals surface area contributed by atoms with E-state index in [-0.39, 0.29) is 17.9 Å². The minimum atomic E-state index is -1.54. The molecule has 2 aliphatic rings. The van der Waals surface area contributed by atoms with Crippen LogP contribution >= 0.6 is 0 Å². The molecule has 1 aromatic heterocycles. The molecule has 2 amide bonds. The first-order valence-electron chi connectivity index (χ1n) is 8.33. The SMILES string of the molecule is CCN1C(=O)[C@@](C)(C(=O)NC2CCCCC2)Oc2cccnc21. The summed E-state index contributed by atoms with van der Waals surface area (Å²) in [4.78, 5) is 31.3. The van der Waals surface area contributed by atoms with E-state index in [0.717, 1.165) is 25.7 Å². The first-order valence-corrected chi connectivity index (χ1v) is 8.33. The number of ether oxygens (including phenoxy) is 1. The Morgan fingerprint density at radius 3 is 2.87 bits per heavy atom. The van der Waals surface area contributed by atoms with Gasteiger partial charge in [0.2, 0.25) is 0 Å². The second-order valence-corrected chi connectivity index (χ2v) is 6.32. The molecule has 1 aliphatic carbocycles. The number of anilines is 1. The van der Waals surface area contributed by atoms with Gasteiger partial charge in [-0.05, 0) is 38.8 Å². The molecule has 3 rings (SSSR count). The molecule has 0 bridgehead atoms. The van der Waals surface area contributed by atoms with Crippen LogP contribution in [-0.4, -0.2) is 35.0 Å². The molecule has 124 valence electrons. The molecule has 0 saturated heterocycles. The summed E-state index contributed by atoms with van der Waals surface area (Å²) >= 11 is 0. The van der Waals surface area contributed by atoms with Crippen LogP contribution in [0.25, 0.3) is 0 Å². The average molecular weight is 317 g/mol. The van der Waals surface area contributed by atoms with Crippen LogP contribution in [0.1, 0.15) is 46.0 Å². The molecule has 23 heavy (non-hydrogen) atoms. The van der Waals surface area contributed by atoms with E-state index in [1.807, 2.05) is 6.92 Å². The summed E-state index contributed by atoms with van der Waals surface area (Å²) in [6.45, 7) is 3.85. The van der Waals surface area contributed by atoms with Crippen molar-refractivity contribution in [2.45, 2.75) is 57.6 Å². The van der Waals surface area contributed by atoms with Gasteiger partial charge >= 0.3 is 0 Å². The van der Waals surface area contributed by atoms with E-state index in [0.29, 0.717) is 18.1 Å². The van der Waals surface area contributed by atoms with Gasteiger partial charge in [0, 0.05) is 18.8 Å². The van der Waals surface area contributed by atoms with E-state index in [2.05, 4.69) is 10.3 Å². The van der Waals surface area contributed by atoms with Gasteiger partial charge in [-0.15, -0.1) is 0 Å². The summed E-state index contributed by atoms with van der Waals surface area (Å²) in [5.41, 5.74) is -1.54. The fraction of sp³-hybridized carbons (Fsp3) is 0.588. The van der Waals surface area contributed by atoms with Gasteiger partial charge in [-0.2, -0.15) is 0 Å². The smallest absolute Gasteiger partial charge is 0.282 e. The van der Waals surface area contributed by atoms with Crippen LogP contribution in [0, 0.1) is 0 Å². The van der Waals surface area contributed by atoms with Crippen molar-refractivity contribution >= 4 is 17.6 Å². The number of carbonyl (C=O) groups is 2. The van der Waals surface area contributed by atoms with Gasteiger partial charge in [0.25, 0.3) is 17.4 Å². The van der Waals surface area contributed by atoms with Gasteiger partial charge in [0.1, 0.15) is 0 Å². The average Bonchev–Trinajstić information content (AvgIpc) is 2.57. The number of carbonyl (C=O) groups excluding carboxylic acids is 2. The largest absolute Gasteiger partial charge is 0.464 e. The lowest BCUT2D eigenvalue weighted by Gasteiger charge is -2.39. The number of hydrogen-bond acceptors (Lipinski definition) is 4. The summed E-state index contributed by atoms with van der Waals surface area (Å²) in [6, 6.07) is 3.61. The van der Waals surface area contributed by atoms with Gasteiger partial charge in [-0.25, -0.2) is 4.98 Å². The minimum Gasteiger partial charge on any atom is -0.464 e. The van der Waals surface area contributed by atoms with Gasteiger partial charge in [-0.1, -0.05) is 19.3 Å². The van der Waals surface area contributed by atoms with Gasteiger partial charge in [-0.3, -0.25) is 14.5 Å². The molecular formula is C17H23N3O3. The second kappa shape index (κ2) is 6.18. The highest BCUT2D eigenvalue weighted by molar-refractivity contribution is 6.16. The molecule has 0 unspecified atom stereocenters. The molecule has 1 saturated carbocycles. The van der Waals surface area contributed by atoms with Crippen LogP contribution in [0.4, 0.5) is 5.82 Å². The quantitative estimate of drug-likeness (QED) is 0.866. The molecule has 0 spiro atoms. The third-order valence-corrected chi connectivity index (χ3v) is 4.66. The van der Waals surface area contributed by atoms with Crippen LogP contribution < -0.4 is 15.0 Å². The Labute approximate surface area is 136 Å². The predicted molar refractivity (Wildman–Crippen MR) is 86.3 cm³/mol. The molecule has 0 aromatic carbocycles. The number of likely N-dealkylation sites (N-methyl/N-ethyl adjacent to an activating group) is 1. The third kappa shape index (κ3) is 2.78. The van der Waals surface area contributed by atoms with Gasteiger partial charge in [0.05, 0.1) is 0 Å².